The Morgan fingerprint density at radius 3 is 2.56 bits per heavy atom. The highest BCUT2D eigenvalue weighted by Crippen LogP contribution is 2.37. The van der Waals surface area contributed by atoms with Crippen LogP contribution in [0.15, 0.2) is 0 Å². The maximum absolute atomic E-state index is 11.5. The first-order chi connectivity index (χ1) is 7.65. The Kier molecular flexibility index (Phi) is 3.80. The molecule has 0 aromatic rings. The number of hydrogen-bond acceptors (Lipinski definition) is 3. The van der Waals surface area contributed by atoms with Crippen LogP contribution in [0.4, 0.5) is 0 Å². The highest BCUT2D eigenvalue weighted by atomic mass is 32.2. The molecule has 1 saturated carbocycles. The molecule has 0 bridgehead atoms. The number of carboxylic acids is 1. The van der Waals surface area contributed by atoms with Crippen LogP contribution < -0.4 is 5.32 Å². The van der Waals surface area contributed by atoms with Crippen LogP contribution in [0, 0.1) is 0 Å². The third kappa shape index (κ3) is 2.23. The van der Waals surface area contributed by atoms with Gasteiger partial charge in [0.25, 0.3) is 0 Å². The number of thioether (sulfide) groups is 1. The molecular weight excluding hydrogens is 222 g/mol. The van der Waals surface area contributed by atoms with Crippen molar-refractivity contribution < 1.29 is 9.90 Å². The fourth-order valence-corrected chi connectivity index (χ4v) is 4.25. The van der Waals surface area contributed by atoms with E-state index in [4.69, 9.17) is 0 Å². The van der Waals surface area contributed by atoms with Gasteiger partial charge >= 0.3 is 5.97 Å². The minimum Gasteiger partial charge on any atom is -0.480 e. The summed E-state index contributed by atoms with van der Waals surface area (Å²) in [6.45, 7) is 2.04. The van der Waals surface area contributed by atoms with E-state index in [1.165, 1.54) is 19.3 Å². The quantitative estimate of drug-likeness (QED) is 0.798. The van der Waals surface area contributed by atoms with Crippen LogP contribution >= 0.6 is 11.8 Å². The van der Waals surface area contributed by atoms with Crippen LogP contribution in [0.5, 0.6) is 0 Å². The fraction of sp³-hybridized carbons (Fsp3) is 0.917. The van der Waals surface area contributed by atoms with Gasteiger partial charge < -0.3 is 5.11 Å². The van der Waals surface area contributed by atoms with Crippen LogP contribution in [-0.4, -0.2) is 33.7 Å². The summed E-state index contributed by atoms with van der Waals surface area (Å²) in [5, 5.41) is 13.1. The van der Waals surface area contributed by atoms with E-state index in [1.807, 2.05) is 6.92 Å². The summed E-state index contributed by atoms with van der Waals surface area (Å²) in [6, 6.07) is 0.422. The van der Waals surface area contributed by atoms with E-state index >= 15 is 0 Å². The minimum absolute atomic E-state index is 0.187. The number of rotatable bonds is 3. The van der Waals surface area contributed by atoms with Crippen molar-refractivity contribution in [2.75, 3.05) is 5.75 Å². The molecule has 0 amide bonds. The molecule has 3 nitrogen and oxygen atoms in total. The molecule has 16 heavy (non-hydrogen) atoms. The van der Waals surface area contributed by atoms with Gasteiger partial charge in [0.05, 0.1) is 0 Å². The second-order valence-corrected chi connectivity index (χ2v) is 6.47. The van der Waals surface area contributed by atoms with Gasteiger partial charge in [-0.2, -0.15) is 11.8 Å². The Balaban J connectivity index is 2.05. The smallest absolute Gasteiger partial charge is 0.325 e. The molecule has 4 heteroatoms. The van der Waals surface area contributed by atoms with E-state index in [2.05, 4.69) is 5.32 Å². The van der Waals surface area contributed by atoms with Crippen molar-refractivity contribution in [3.63, 3.8) is 0 Å². The SMILES string of the molecule is CC1SCCC1(NC1CCCCC1)C(=O)O. The zero-order valence-corrected chi connectivity index (χ0v) is 10.7. The van der Waals surface area contributed by atoms with E-state index in [0.717, 1.165) is 25.0 Å². The zero-order valence-electron chi connectivity index (χ0n) is 9.87. The van der Waals surface area contributed by atoms with Gasteiger partial charge in [-0.3, -0.25) is 10.1 Å². The molecule has 0 aromatic heterocycles. The molecule has 2 aliphatic rings. The van der Waals surface area contributed by atoms with Crippen molar-refractivity contribution in [2.24, 2.45) is 0 Å². The second kappa shape index (κ2) is 4.96. The average Bonchev–Trinajstić information content (AvgIpc) is 2.63. The molecular formula is C12H21NO2S. The van der Waals surface area contributed by atoms with Gasteiger partial charge in [0.1, 0.15) is 5.54 Å². The van der Waals surface area contributed by atoms with Crippen molar-refractivity contribution in [1.29, 1.82) is 0 Å². The lowest BCUT2D eigenvalue weighted by Gasteiger charge is -2.35. The second-order valence-electron chi connectivity index (χ2n) is 5.02. The molecule has 1 aliphatic heterocycles. The Morgan fingerprint density at radius 1 is 1.38 bits per heavy atom. The Morgan fingerprint density at radius 2 is 2.06 bits per heavy atom. The summed E-state index contributed by atoms with van der Waals surface area (Å²) in [4.78, 5) is 11.5. The number of carboxylic acid groups (broad SMARTS) is 1. The molecule has 2 rings (SSSR count). The van der Waals surface area contributed by atoms with Gasteiger partial charge in [0, 0.05) is 11.3 Å². The number of carbonyl (C=O) groups is 1. The lowest BCUT2D eigenvalue weighted by molar-refractivity contribution is -0.145. The topological polar surface area (TPSA) is 49.3 Å². The first kappa shape index (κ1) is 12.2. The van der Waals surface area contributed by atoms with Crippen molar-refractivity contribution in [3.8, 4) is 0 Å². The van der Waals surface area contributed by atoms with E-state index in [-0.39, 0.29) is 5.25 Å². The van der Waals surface area contributed by atoms with Crippen LogP contribution in [-0.2, 0) is 4.79 Å². The van der Waals surface area contributed by atoms with E-state index in [0.29, 0.717) is 6.04 Å². The first-order valence-corrected chi connectivity index (χ1v) is 7.33. The van der Waals surface area contributed by atoms with Crippen LogP contribution in [0.1, 0.15) is 45.4 Å². The molecule has 2 fully saturated rings. The monoisotopic (exact) mass is 243 g/mol. The highest BCUT2D eigenvalue weighted by molar-refractivity contribution is 8.00. The van der Waals surface area contributed by atoms with Gasteiger partial charge in [0.15, 0.2) is 0 Å². The van der Waals surface area contributed by atoms with Crippen molar-refractivity contribution in [1.82, 2.24) is 5.32 Å². The number of nitrogens with one attached hydrogen (secondary N) is 1. The van der Waals surface area contributed by atoms with E-state index < -0.39 is 11.5 Å². The molecule has 0 radical (unpaired) electrons. The summed E-state index contributed by atoms with van der Waals surface area (Å²) in [7, 11) is 0. The van der Waals surface area contributed by atoms with E-state index in [9.17, 15) is 9.90 Å². The Labute approximate surface area is 101 Å². The molecule has 1 saturated heterocycles. The molecule has 2 unspecified atom stereocenters. The number of aliphatic carboxylic acids is 1. The van der Waals surface area contributed by atoms with Crippen LogP contribution in [0.3, 0.4) is 0 Å². The minimum atomic E-state index is -0.660. The molecule has 0 aromatic carbocycles. The zero-order chi connectivity index (χ0) is 11.6. The lowest BCUT2D eigenvalue weighted by atomic mass is 9.88. The summed E-state index contributed by atoms with van der Waals surface area (Å²) in [5.74, 6) is 0.309. The standard InChI is InChI=1S/C12H21NO2S/c1-9-12(11(14)15,7-8-16-9)13-10-5-3-2-4-6-10/h9-10,13H,2-8H2,1H3,(H,14,15). The fourth-order valence-electron chi connectivity index (χ4n) is 2.89. The molecule has 92 valence electrons. The normalized spacial score (nSPS) is 36.4. The predicted octanol–water partition coefficient (Wildman–Crippen LogP) is 2.26. The third-order valence-electron chi connectivity index (χ3n) is 4.01. The van der Waals surface area contributed by atoms with Crippen molar-refractivity contribution >= 4 is 17.7 Å². The third-order valence-corrected chi connectivity index (χ3v) is 5.35. The molecule has 1 aliphatic carbocycles. The molecule has 0 spiro atoms. The van der Waals surface area contributed by atoms with Crippen molar-refractivity contribution in [3.05, 3.63) is 0 Å². The average molecular weight is 243 g/mol. The van der Waals surface area contributed by atoms with Gasteiger partial charge in [-0.25, -0.2) is 0 Å². The van der Waals surface area contributed by atoms with Crippen LogP contribution in [0.2, 0.25) is 0 Å². The lowest BCUT2D eigenvalue weighted by Crippen LogP contribution is -2.59. The van der Waals surface area contributed by atoms with Gasteiger partial charge in [-0.05, 0) is 25.0 Å². The summed E-state index contributed by atoms with van der Waals surface area (Å²) in [5.41, 5.74) is -0.660. The molecule has 1 heterocycles. The van der Waals surface area contributed by atoms with Crippen molar-refractivity contribution in [2.45, 2.75) is 62.3 Å². The van der Waals surface area contributed by atoms with Gasteiger partial charge in [-0.1, -0.05) is 26.2 Å². The summed E-state index contributed by atoms with van der Waals surface area (Å²) < 4.78 is 0. The van der Waals surface area contributed by atoms with Gasteiger partial charge in [-0.15, -0.1) is 0 Å². The first-order valence-electron chi connectivity index (χ1n) is 6.28. The van der Waals surface area contributed by atoms with Crippen LogP contribution in [0.25, 0.3) is 0 Å². The maximum Gasteiger partial charge on any atom is 0.325 e. The Hall–Kier alpha value is -0.220. The van der Waals surface area contributed by atoms with E-state index in [1.54, 1.807) is 11.8 Å². The van der Waals surface area contributed by atoms with Gasteiger partial charge in [0.2, 0.25) is 0 Å². The summed E-state index contributed by atoms with van der Waals surface area (Å²) in [6.07, 6.45) is 6.86. The number of hydrogen-bond donors (Lipinski definition) is 2. The molecule has 2 atom stereocenters. The highest BCUT2D eigenvalue weighted by Gasteiger charge is 2.48. The molecule has 2 N–H and O–H groups in total. The Bertz CT molecular complexity index is 266. The summed E-state index contributed by atoms with van der Waals surface area (Å²) >= 11 is 1.78. The largest absolute Gasteiger partial charge is 0.480 e. The predicted molar refractivity (Wildman–Crippen MR) is 66.9 cm³/mol. The maximum atomic E-state index is 11.5.